The van der Waals surface area contributed by atoms with Crippen molar-refractivity contribution in [3.8, 4) is 11.5 Å². The second kappa shape index (κ2) is 12.2. The lowest BCUT2D eigenvalue weighted by atomic mass is 9.77. The van der Waals surface area contributed by atoms with Crippen LogP contribution in [0.2, 0.25) is 0 Å². The third-order valence-electron chi connectivity index (χ3n) is 6.83. The molecule has 0 radical (unpaired) electrons. The number of fused-ring (bicyclic) bond motifs is 3. The van der Waals surface area contributed by atoms with Crippen LogP contribution in [0.4, 0.5) is 0 Å². The van der Waals surface area contributed by atoms with Gasteiger partial charge in [0.25, 0.3) is 0 Å². The third kappa shape index (κ3) is 5.42. The van der Waals surface area contributed by atoms with E-state index in [1.165, 1.54) is 25.2 Å². The van der Waals surface area contributed by atoms with Crippen LogP contribution in [-0.2, 0) is 20.7 Å². The summed E-state index contributed by atoms with van der Waals surface area (Å²) < 4.78 is 16.9. The van der Waals surface area contributed by atoms with Crippen LogP contribution in [0.15, 0.2) is 54.1 Å². The molecule has 0 fully saturated rings. The number of aliphatic hydroxyl groups excluding tert-OH is 2. The summed E-state index contributed by atoms with van der Waals surface area (Å²) in [5.74, 6) is -0.822. The summed E-state index contributed by atoms with van der Waals surface area (Å²) in [4.78, 5) is 39.9. The van der Waals surface area contributed by atoms with Gasteiger partial charge in [-0.3, -0.25) is 14.4 Å². The Hall–Kier alpha value is -3.73. The van der Waals surface area contributed by atoms with E-state index in [4.69, 9.17) is 14.2 Å². The Morgan fingerprint density at radius 2 is 1.95 bits per heavy atom. The van der Waals surface area contributed by atoms with E-state index >= 15 is 0 Å². The van der Waals surface area contributed by atoms with Crippen LogP contribution in [-0.4, -0.2) is 92.0 Å². The van der Waals surface area contributed by atoms with Crippen LogP contribution in [0.1, 0.15) is 27.4 Å². The highest BCUT2D eigenvalue weighted by Gasteiger charge is 2.51. The first-order valence-corrected chi connectivity index (χ1v) is 12.4. The number of methoxy groups -OCH3 is 2. The van der Waals surface area contributed by atoms with Gasteiger partial charge in [0.2, 0.25) is 11.8 Å². The molecule has 0 saturated carbocycles. The van der Waals surface area contributed by atoms with Gasteiger partial charge in [-0.2, -0.15) is 0 Å². The monoisotopic (exact) mass is 524 g/mol. The Morgan fingerprint density at radius 3 is 2.61 bits per heavy atom. The van der Waals surface area contributed by atoms with Crippen LogP contribution in [0.5, 0.6) is 11.5 Å². The number of nitrogens with one attached hydrogen (secondary N) is 1. The van der Waals surface area contributed by atoms with Crippen LogP contribution in [0.3, 0.4) is 0 Å². The number of aliphatic hydroxyl groups is 2. The first-order valence-electron chi connectivity index (χ1n) is 12.4. The molecule has 202 valence electrons. The van der Waals surface area contributed by atoms with Crippen molar-refractivity contribution < 1.29 is 38.8 Å². The number of aldehydes is 1. The Labute approximate surface area is 220 Å². The maximum atomic E-state index is 13.5. The van der Waals surface area contributed by atoms with Crippen LogP contribution in [0.25, 0.3) is 0 Å². The summed E-state index contributed by atoms with van der Waals surface area (Å²) in [5.41, 5.74) is 1.93. The average Bonchev–Trinajstić information content (AvgIpc) is 3.33. The minimum atomic E-state index is -1.21. The number of nitrogens with zero attached hydrogens (tertiary/aromatic N) is 1. The summed E-state index contributed by atoms with van der Waals surface area (Å²) in [5, 5.41) is 23.5. The zero-order chi connectivity index (χ0) is 27.2. The van der Waals surface area contributed by atoms with Crippen molar-refractivity contribution in [3.05, 3.63) is 70.8 Å². The first kappa shape index (κ1) is 27.3. The van der Waals surface area contributed by atoms with Crippen molar-refractivity contribution in [3.63, 3.8) is 0 Å². The van der Waals surface area contributed by atoms with Gasteiger partial charge in [-0.15, -0.1) is 0 Å². The van der Waals surface area contributed by atoms with E-state index in [2.05, 4.69) is 5.32 Å². The van der Waals surface area contributed by atoms with Gasteiger partial charge < -0.3 is 34.6 Å². The van der Waals surface area contributed by atoms with E-state index in [0.29, 0.717) is 28.9 Å². The fourth-order valence-electron chi connectivity index (χ4n) is 5.06. The molecule has 0 bridgehead atoms. The molecule has 2 aromatic carbocycles. The van der Waals surface area contributed by atoms with Crippen molar-refractivity contribution in [2.45, 2.75) is 30.6 Å². The molecule has 0 unspecified atom stereocenters. The summed E-state index contributed by atoms with van der Waals surface area (Å²) >= 11 is 0. The lowest BCUT2D eigenvalue weighted by Gasteiger charge is -2.40. The second-order valence-corrected chi connectivity index (χ2v) is 9.14. The van der Waals surface area contributed by atoms with Gasteiger partial charge in [0.15, 0.2) is 11.5 Å². The predicted molar refractivity (Wildman–Crippen MR) is 137 cm³/mol. The number of carbonyl (C=O) groups is 3. The smallest absolute Gasteiger partial charge is 0.247 e. The van der Waals surface area contributed by atoms with Crippen molar-refractivity contribution in [2.24, 2.45) is 0 Å². The lowest BCUT2D eigenvalue weighted by Crippen LogP contribution is -2.56. The lowest BCUT2D eigenvalue weighted by molar-refractivity contribution is -0.137. The molecule has 0 saturated heterocycles. The minimum absolute atomic E-state index is 0.0204. The highest BCUT2D eigenvalue weighted by atomic mass is 16.5. The number of hydrogen-bond donors (Lipinski definition) is 3. The van der Waals surface area contributed by atoms with Crippen molar-refractivity contribution in [2.75, 3.05) is 40.5 Å². The number of ether oxygens (including phenoxy) is 3. The second-order valence-electron chi connectivity index (χ2n) is 9.14. The normalized spacial score (nSPS) is 21.4. The molecule has 3 N–H and O–H groups in total. The van der Waals surface area contributed by atoms with Gasteiger partial charge in [0.1, 0.15) is 18.5 Å². The highest BCUT2D eigenvalue weighted by molar-refractivity contribution is 5.96. The Morgan fingerprint density at radius 1 is 1.18 bits per heavy atom. The van der Waals surface area contributed by atoms with E-state index in [-0.39, 0.29) is 44.2 Å². The maximum Gasteiger partial charge on any atom is 0.247 e. The standard InChI is InChI=1S/C28H32N2O8/c1-36-11-9-30(23(33)14-17-6-4-3-5-7-17)21-15-20(28(35)29-8-10-31)24-19-12-18(16-32)13-22(37-2)26(19)38-27(24)25(21)34/h3-7,12-13,15-16,21,24-25,27,31,34H,8-11,14H2,1-2H3,(H,29,35)/t21-,24+,25+,27+/m1/s1. The quantitative estimate of drug-likeness (QED) is 0.369. The maximum absolute atomic E-state index is 13.5. The van der Waals surface area contributed by atoms with Crippen LogP contribution < -0.4 is 14.8 Å². The van der Waals surface area contributed by atoms with Gasteiger partial charge >= 0.3 is 0 Å². The molecule has 2 aromatic rings. The number of carbonyl (C=O) groups excluding carboxylic acids is 3. The van der Waals surface area contributed by atoms with E-state index in [0.717, 1.165) is 5.56 Å². The molecule has 1 aliphatic heterocycles. The number of hydrogen-bond acceptors (Lipinski definition) is 8. The molecular formula is C28H32N2O8. The van der Waals surface area contributed by atoms with Gasteiger partial charge in [-0.1, -0.05) is 30.3 Å². The molecule has 1 aliphatic carbocycles. The van der Waals surface area contributed by atoms with Crippen LogP contribution >= 0.6 is 0 Å². The van der Waals surface area contributed by atoms with E-state index in [9.17, 15) is 24.6 Å². The largest absolute Gasteiger partial charge is 0.493 e. The van der Waals surface area contributed by atoms with Crippen molar-refractivity contribution in [1.29, 1.82) is 0 Å². The molecule has 2 amide bonds. The SMILES string of the molecule is COCCN(C(=O)Cc1ccccc1)[C@@H]1C=C(C(=O)NCCO)[C@@H]2c3cc(C=O)cc(OC)c3O[C@@H]2[C@H]1O. The van der Waals surface area contributed by atoms with Gasteiger partial charge in [-0.05, 0) is 23.8 Å². The Bertz CT molecular complexity index is 1200. The van der Waals surface area contributed by atoms with Crippen molar-refractivity contribution in [1.82, 2.24) is 10.2 Å². The highest BCUT2D eigenvalue weighted by Crippen LogP contribution is 2.51. The van der Waals surface area contributed by atoms with Gasteiger partial charge in [0, 0.05) is 36.9 Å². The predicted octanol–water partition coefficient (Wildman–Crippen LogP) is 0.848. The fourth-order valence-corrected chi connectivity index (χ4v) is 5.06. The molecule has 10 heteroatoms. The minimum Gasteiger partial charge on any atom is -0.493 e. The molecule has 2 aliphatic rings. The Kier molecular flexibility index (Phi) is 8.77. The number of amides is 2. The topological polar surface area (TPSA) is 135 Å². The Balaban J connectivity index is 1.77. The first-order chi connectivity index (χ1) is 18.4. The molecule has 10 nitrogen and oxygen atoms in total. The fraction of sp³-hybridized carbons (Fsp3) is 0.393. The summed E-state index contributed by atoms with van der Waals surface area (Å²) in [7, 11) is 2.96. The number of rotatable bonds is 11. The average molecular weight is 525 g/mol. The molecule has 0 aromatic heterocycles. The van der Waals surface area contributed by atoms with E-state index < -0.39 is 30.1 Å². The zero-order valence-electron chi connectivity index (χ0n) is 21.3. The van der Waals surface area contributed by atoms with E-state index in [1.807, 2.05) is 30.3 Å². The summed E-state index contributed by atoms with van der Waals surface area (Å²) in [6.07, 6.45) is 0.208. The zero-order valence-corrected chi connectivity index (χ0v) is 21.3. The number of benzene rings is 2. The molecule has 1 heterocycles. The van der Waals surface area contributed by atoms with Crippen molar-refractivity contribution >= 4 is 18.1 Å². The molecule has 38 heavy (non-hydrogen) atoms. The third-order valence-corrected chi connectivity index (χ3v) is 6.83. The summed E-state index contributed by atoms with van der Waals surface area (Å²) in [6, 6.07) is 11.5. The van der Waals surface area contributed by atoms with Crippen LogP contribution in [0, 0.1) is 0 Å². The van der Waals surface area contributed by atoms with Gasteiger partial charge in [-0.25, -0.2) is 0 Å². The summed E-state index contributed by atoms with van der Waals surface area (Å²) in [6.45, 7) is 0.154. The molecular weight excluding hydrogens is 492 g/mol. The van der Waals surface area contributed by atoms with Gasteiger partial charge in [0.05, 0.1) is 38.7 Å². The molecule has 4 rings (SSSR count). The van der Waals surface area contributed by atoms with E-state index in [1.54, 1.807) is 12.1 Å². The molecule has 0 spiro atoms. The molecule has 4 atom stereocenters.